The van der Waals surface area contributed by atoms with Gasteiger partial charge in [-0.1, -0.05) is 6.08 Å². The lowest BCUT2D eigenvalue weighted by Gasteiger charge is -2.20. The number of nitrogens with zero attached hydrogens (tertiary/aromatic N) is 1. The Morgan fingerprint density at radius 1 is 1.40 bits per heavy atom. The Balaban J connectivity index is 3.36. The van der Waals surface area contributed by atoms with E-state index in [4.69, 9.17) is 0 Å². The molecule has 3 heteroatoms. The van der Waals surface area contributed by atoms with Crippen LogP contribution in [-0.2, 0) is 4.79 Å². The second kappa shape index (κ2) is 8.48. The van der Waals surface area contributed by atoms with Gasteiger partial charge in [0.25, 0.3) is 0 Å². The first-order valence-corrected chi connectivity index (χ1v) is 5.68. The highest BCUT2D eigenvalue weighted by atomic mass is 16.1. The van der Waals surface area contributed by atoms with Gasteiger partial charge in [0.05, 0.1) is 0 Å². The van der Waals surface area contributed by atoms with Gasteiger partial charge in [-0.25, -0.2) is 0 Å². The van der Waals surface area contributed by atoms with Crippen molar-refractivity contribution < 1.29 is 4.79 Å². The van der Waals surface area contributed by atoms with Crippen molar-refractivity contribution in [1.29, 1.82) is 0 Å². The fourth-order valence-corrected chi connectivity index (χ4v) is 1.17. The summed E-state index contributed by atoms with van der Waals surface area (Å²) in [6.07, 6.45) is 5.48. The van der Waals surface area contributed by atoms with Crippen LogP contribution in [-0.4, -0.2) is 37.0 Å². The van der Waals surface area contributed by atoms with Crippen LogP contribution in [0.5, 0.6) is 0 Å². The van der Waals surface area contributed by atoms with E-state index in [1.807, 2.05) is 6.92 Å². The minimum atomic E-state index is 0.00899. The molecule has 0 bridgehead atoms. The molecule has 0 rings (SSSR count). The molecule has 0 spiro atoms. The SMILES string of the molecule is CC=CC(=O)NCCCCN(C)C(C)C. The third kappa shape index (κ3) is 8.18. The van der Waals surface area contributed by atoms with Crippen molar-refractivity contribution in [3.63, 3.8) is 0 Å². The highest BCUT2D eigenvalue weighted by molar-refractivity contribution is 5.87. The van der Waals surface area contributed by atoms with Gasteiger partial charge in [-0.3, -0.25) is 4.79 Å². The molecule has 0 heterocycles. The normalized spacial score (nSPS) is 11.6. The minimum Gasteiger partial charge on any atom is -0.353 e. The summed E-state index contributed by atoms with van der Waals surface area (Å²) in [4.78, 5) is 13.4. The van der Waals surface area contributed by atoms with Gasteiger partial charge in [-0.2, -0.15) is 0 Å². The van der Waals surface area contributed by atoms with Gasteiger partial charge in [0, 0.05) is 12.6 Å². The molecular formula is C12H24N2O. The average Bonchev–Trinajstić information content (AvgIpc) is 2.17. The van der Waals surface area contributed by atoms with Crippen LogP contribution in [0.4, 0.5) is 0 Å². The number of amides is 1. The molecular weight excluding hydrogens is 188 g/mol. The Bertz CT molecular complexity index is 200. The Labute approximate surface area is 93.5 Å². The zero-order valence-electron chi connectivity index (χ0n) is 10.4. The molecule has 0 aliphatic heterocycles. The summed E-state index contributed by atoms with van der Waals surface area (Å²) in [6.45, 7) is 8.09. The summed E-state index contributed by atoms with van der Waals surface area (Å²) in [5.74, 6) is 0.00899. The number of hydrogen-bond donors (Lipinski definition) is 1. The van der Waals surface area contributed by atoms with E-state index >= 15 is 0 Å². The molecule has 88 valence electrons. The van der Waals surface area contributed by atoms with Gasteiger partial charge in [-0.15, -0.1) is 0 Å². The fraction of sp³-hybridized carbons (Fsp3) is 0.750. The zero-order chi connectivity index (χ0) is 11.7. The Kier molecular flexibility index (Phi) is 8.01. The predicted octanol–water partition coefficient (Wildman–Crippen LogP) is 1.80. The van der Waals surface area contributed by atoms with Crippen LogP contribution in [0.1, 0.15) is 33.6 Å². The number of carbonyl (C=O) groups excluding carboxylic acids is 1. The van der Waals surface area contributed by atoms with Crippen LogP contribution in [0.2, 0.25) is 0 Å². The van der Waals surface area contributed by atoms with Crippen LogP contribution in [0.3, 0.4) is 0 Å². The molecule has 1 N–H and O–H groups in total. The maximum atomic E-state index is 11.0. The van der Waals surface area contributed by atoms with Crippen molar-refractivity contribution >= 4 is 5.91 Å². The van der Waals surface area contributed by atoms with Crippen molar-refractivity contribution in [1.82, 2.24) is 10.2 Å². The molecule has 1 amide bonds. The third-order valence-electron chi connectivity index (χ3n) is 2.44. The largest absolute Gasteiger partial charge is 0.353 e. The molecule has 3 nitrogen and oxygen atoms in total. The van der Waals surface area contributed by atoms with Gasteiger partial charge in [0.15, 0.2) is 0 Å². The second-order valence-corrected chi connectivity index (χ2v) is 4.07. The number of unbranched alkanes of at least 4 members (excludes halogenated alkanes) is 1. The van der Waals surface area contributed by atoms with Crippen molar-refractivity contribution in [2.24, 2.45) is 0 Å². The van der Waals surface area contributed by atoms with Gasteiger partial charge >= 0.3 is 0 Å². The van der Waals surface area contributed by atoms with E-state index in [0.29, 0.717) is 6.04 Å². The molecule has 15 heavy (non-hydrogen) atoms. The smallest absolute Gasteiger partial charge is 0.243 e. The summed E-state index contributed by atoms with van der Waals surface area (Å²) >= 11 is 0. The summed E-state index contributed by atoms with van der Waals surface area (Å²) in [6, 6.07) is 0.600. The average molecular weight is 212 g/mol. The highest BCUT2D eigenvalue weighted by Crippen LogP contribution is 1.97. The van der Waals surface area contributed by atoms with Crippen molar-refractivity contribution in [2.75, 3.05) is 20.1 Å². The highest BCUT2D eigenvalue weighted by Gasteiger charge is 2.01. The number of rotatable bonds is 7. The lowest BCUT2D eigenvalue weighted by atomic mass is 10.2. The number of allylic oxidation sites excluding steroid dienone is 1. The van der Waals surface area contributed by atoms with Crippen LogP contribution >= 0.6 is 0 Å². The van der Waals surface area contributed by atoms with Crippen LogP contribution in [0.25, 0.3) is 0 Å². The van der Waals surface area contributed by atoms with Gasteiger partial charge in [0.1, 0.15) is 0 Å². The molecule has 0 saturated heterocycles. The monoisotopic (exact) mass is 212 g/mol. The van der Waals surface area contributed by atoms with Crippen molar-refractivity contribution in [2.45, 2.75) is 39.7 Å². The Hall–Kier alpha value is -0.830. The maximum absolute atomic E-state index is 11.0. The molecule has 0 aliphatic carbocycles. The number of nitrogens with one attached hydrogen (secondary N) is 1. The van der Waals surface area contributed by atoms with E-state index in [1.165, 1.54) is 0 Å². The molecule has 0 fully saturated rings. The minimum absolute atomic E-state index is 0.00899. The maximum Gasteiger partial charge on any atom is 0.243 e. The van der Waals surface area contributed by atoms with E-state index in [1.54, 1.807) is 12.2 Å². The second-order valence-electron chi connectivity index (χ2n) is 4.07. The van der Waals surface area contributed by atoms with Gasteiger partial charge < -0.3 is 10.2 Å². The summed E-state index contributed by atoms with van der Waals surface area (Å²) in [7, 11) is 2.13. The van der Waals surface area contributed by atoms with Gasteiger partial charge in [0.2, 0.25) is 5.91 Å². The summed E-state index contributed by atoms with van der Waals surface area (Å²) in [5.41, 5.74) is 0. The topological polar surface area (TPSA) is 32.3 Å². The van der Waals surface area contributed by atoms with E-state index in [0.717, 1.165) is 25.9 Å². The van der Waals surface area contributed by atoms with E-state index < -0.39 is 0 Å². The lowest BCUT2D eigenvalue weighted by molar-refractivity contribution is -0.116. The first-order chi connectivity index (χ1) is 7.07. The van der Waals surface area contributed by atoms with Crippen molar-refractivity contribution in [3.05, 3.63) is 12.2 Å². The lowest BCUT2D eigenvalue weighted by Crippen LogP contribution is -2.28. The van der Waals surface area contributed by atoms with Crippen LogP contribution in [0.15, 0.2) is 12.2 Å². The summed E-state index contributed by atoms with van der Waals surface area (Å²) in [5, 5.41) is 2.84. The van der Waals surface area contributed by atoms with Crippen molar-refractivity contribution in [3.8, 4) is 0 Å². The standard InChI is InChI=1S/C12H24N2O/c1-5-8-12(15)13-9-6-7-10-14(4)11(2)3/h5,8,11H,6-7,9-10H2,1-4H3,(H,13,15). The Morgan fingerprint density at radius 2 is 2.07 bits per heavy atom. The molecule has 0 aromatic heterocycles. The first-order valence-electron chi connectivity index (χ1n) is 5.68. The van der Waals surface area contributed by atoms with Crippen LogP contribution < -0.4 is 5.32 Å². The fourth-order valence-electron chi connectivity index (χ4n) is 1.17. The first kappa shape index (κ1) is 14.2. The quantitative estimate of drug-likeness (QED) is 0.515. The van der Waals surface area contributed by atoms with E-state index in [2.05, 4.69) is 31.1 Å². The molecule has 0 unspecified atom stereocenters. The van der Waals surface area contributed by atoms with E-state index in [9.17, 15) is 4.79 Å². The molecule has 0 atom stereocenters. The Morgan fingerprint density at radius 3 is 2.60 bits per heavy atom. The molecule has 0 saturated carbocycles. The number of hydrogen-bond acceptors (Lipinski definition) is 2. The zero-order valence-corrected chi connectivity index (χ0v) is 10.4. The molecule has 0 radical (unpaired) electrons. The predicted molar refractivity (Wildman–Crippen MR) is 64.8 cm³/mol. The molecule has 0 aliphatic rings. The molecule has 0 aromatic rings. The number of carbonyl (C=O) groups is 1. The van der Waals surface area contributed by atoms with Crippen LogP contribution in [0, 0.1) is 0 Å². The van der Waals surface area contributed by atoms with Gasteiger partial charge in [-0.05, 0) is 53.3 Å². The summed E-state index contributed by atoms with van der Waals surface area (Å²) < 4.78 is 0. The third-order valence-corrected chi connectivity index (χ3v) is 2.44. The molecule has 0 aromatic carbocycles. The van der Waals surface area contributed by atoms with E-state index in [-0.39, 0.29) is 5.91 Å².